The van der Waals surface area contributed by atoms with Crippen LogP contribution in [0.3, 0.4) is 0 Å². The lowest BCUT2D eigenvalue weighted by molar-refractivity contribution is 0.0343. The van der Waals surface area contributed by atoms with Crippen molar-refractivity contribution in [1.29, 1.82) is 0 Å². The van der Waals surface area contributed by atoms with Gasteiger partial charge in [-0.3, -0.25) is 9.69 Å². The number of aliphatic hydroxyl groups is 1. The highest BCUT2D eigenvalue weighted by Gasteiger charge is 2.34. The van der Waals surface area contributed by atoms with Crippen LogP contribution in [0.4, 0.5) is 16.2 Å². The molecule has 0 saturated carbocycles. The van der Waals surface area contributed by atoms with Crippen LogP contribution < -0.4 is 29.6 Å². The highest BCUT2D eigenvalue weighted by atomic mass is 16.7. The van der Waals surface area contributed by atoms with Crippen molar-refractivity contribution < 1.29 is 33.6 Å². The molecule has 6 rings (SSSR count). The summed E-state index contributed by atoms with van der Waals surface area (Å²) in [7, 11) is 2.02. The van der Waals surface area contributed by atoms with E-state index in [4.69, 9.17) is 18.9 Å². The predicted octanol–water partition coefficient (Wildman–Crippen LogP) is 6.20. The van der Waals surface area contributed by atoms with Crippen molar-refractivity contribution in [2.75, 3.05) is 44.2 Å². The fourth-order valence-corrected chi connectivity index (χ4v) is 5.79. The van der Waals surface area contributed by atoms with E-state index in [0.29, 0.717) is 48.1 Å². The zero-order valence-corrected chi connectivity index (χ0v) is 27.2. The Kier molecular flexibility index (Phi) is 9.98. The van der Waals surface area contributed by atoms with Gasteiger partial charge in [-0.05, 0) is 68.1 Å². The van der Waals surface area contributed by atoms with Crippen LogP contribution in [-0.4, -0.2) is 72.5 Å². The van der Waals surface area contributed by atoms with Gasteiger partial charge in [-0.2, -0.15) is 0 Å². The monoisotopic (exact) mass is 652 g/mol. The van der Waals surface area contributed by atoms with Gasteiger partial charge in [0.1, 0.15) is 17.6 Å². The summed E-state index contributed by atoms with van der Waals surface area (Å²) < 4.78 is 23.4. The number of nitrogens with one attached hydrogen (secondary N) is 2. The Morgan fingerprint density at radius 3 is 2.50 bits per heavy atom. The van der Waals surface area contributed by atoms with Gasteiger partial charge in [-0.1, -0.05) is 43.3 Å². The largest absolute Gasteiger partial charge is 0.486 e. The van der Waals surface area contributed by atoms with Gasteiger partial charge in [0, 0.05) is 37.3 Å². The second-order valence-electron chi connectivity index (χ2n) is 12.2. The summed E-state index contributed by atoms with van der Waals surface area (Å²) in [6.07, 6.45) is -0.351. The van der Waals surface area contributed by atoms with E-state index >= 15 is 0 Å². The van der Waals surface area contributed by atoms with Crippen LogP contribution in [0, 0.1) is 5.92 Å². The molecule has 3 N–H and O–H groups in total. The summed E-state index contributed by atoms with van der Waals surface area (Å²) in [5.41, 5.74) is 2.28. The molecule has 0 aliphatic carbocycles. The summed E-state index contributed by atoms with van der Waals surface area (Å²) in [4.78, 5) is 30.9. The van der Waals surface area contributed by atoms with E-state index in [0.717, 1.165) is 17.1 Å². The predicted molar refractivity (Wildman–Crippen MR) is 182 cm³/mol. The minimum atomic E-state index is -0.512. The second-order valence-corrected chi connectivity index (χ2v) is 12.2. The highest BCUT2D eigenvalue weighted by molar-refractivity contribution is 6.04. The fraction of sp³-hybridized carbons (Fsp3) is 0.297. The molecule has 0 aromatic heterocycles. The summed E-state index contributed by atoms with van der Waals surface area (Å²) in [6.45, 7) is 5.38. The van der Waals surface area contributed by atoms with Gasteiger partial charge in [-0.25, -0.2) is 4.79 Å². The summed E-state index contributed by atoms with van der Waals surface area (Å²) in [5.74, 6) is 2.59. The van der Waals surface area contributed by atoms with Crippen LogP contribution in [0.25, 0.3) is 0 Å². The standard InChI is InChI=1S/C37H40N4O7/c1-24-19-41(25(2)22-42)36(43)30-10-7-11-31(39-37(44)38-27-14-17-32-33(18-27)46-23-45-32)35(30)48-34(24)21-40(3)20-26-12-15-29(16-13-26)47-28-8-5-4-6-9-28/h4-18,24-25,34,42H,19-23H2,1-3H3,(H2,38,39,44)/t24-,25+,34+/m0/s1. The van der Waals surface area contributed by atoms with E-state index in [1.165, 1.54) is 0 Å². The molecule has 48 heavy (non-hydrogen) atoms. The first-order valence-electron chi connectivity index (χ1n) is 16.0. The molecule has 0 bridgehead atoms. The topological polar surface area (TPSA) is 122 Å². The lowest BCUT2D eigenvalue weighted by Gasteiger charge is -2.38. The number of hydrogen-bond donors (Lipinski definition) is 3. The number of likely N-dealkylation sites (N-methyl/N-ethyl adjacent to an activating group) is 1. The molecule has 0 spiro atoms. The molecule has 3 amide bonds. The maximum atomic E-state index is 13.8. The number of carbonyl (C=O) groups excluding carboxylic acids is 2. The summed E-state index contributed by atoms with van der Waals surface area (Å²) >= 11 is 0. The molecule has 2 aliphatic rings. The number of rotatable bonds is 10. The van der Waals surface area contributed by atoms with Crippen molar-refractivity contribution in [2.24, 2.45) is 5.92 Å². The highest BCUT2D eigenvalue weighted by Crippen LogP contribution is 2.36. The minimum Gasteiger partial charge on any atom is -0.486 e. The van der Waals surface area contributed by atoms with Gasteiger partial charge in [-0.15, -0.1) is 0 Å². The molecular weight excluding hydrogens is 612 g/mol. The molecule has 250 valence electrons. The number of aliphatic hydroxyl groups excluding tert-OH is 1. The number of urea groups is 1. The van der Waals surface area contributed by atoms with E-state index < -0.39 is 12.1 Å². The summed E-state index contributed by atoms with van der Waals surface area (Å²) in [6, 6.07) is 26.9. The molecule has 4 aromatic carbocycles. The molecular formula is C37H40N4O7. The number of carbonyl (C=O) groups is 2. The van der Waals surface area contributed by atoms with Crippen LogP contribution in [0.5, 0.6) is 28.7 Å². The molecule has 0 unspecified atom stereocenters. The maximum absolute atomic E-state index is 13.8. The second kappa shape index (κ2) is 14.7. The van der Waals surface area contributed by atoms with Gasteiger partial charge in [0.05, 0.1) is 23.9 Å². The van der Waals surface area contributed by atoms with E-state index in [2.05, 4.69) is 15.5 Å². The first-order valence-corrected chi connectivity index (χ1v) is 16.0. The van der Waals surface area contributed by atoms with Crippen molar-refractivity contribution >= 4 is 23.3 Å². The van der Waals surface area contributed by atoms with Crippen molar-refractivity contribution in [3.8, 4) is 28.7 Å². The average molecular weight is 653 g/mol. The number of nitrogens with zero attached hydrogens (tertiary/aromatic N) is 2. The molecule has 3 atom stereocenters. The lowest BCUT2D eigenvalue weighted by Crippen LogP contribution is -2.49. The van der Waals surface area contributed by atoms with Crippen LogP contribution in [0.15, 0.2) is 91.0 Å². The van der Waals surface area contributed by atoms with Gasteiger partial charge >= 0.3 is 6.03 Å². The zero-order valence-electron chi connectivity index (χ0n) is 27.2. The van der Waals surface area contributed by atoms with Crippen LogP contribution in [-0.2, 0) is 6.54 Å². The Labute approximate surface area is 280 Å². The van der Waals surface area contributed by atoms with Crippen LogP contribution in [0.2, 0.25) is 0 Å². The normalized spacial score (nSPS) is 17.5. The van der Waals surface area contributed by atoms with Gasteiger partial charge in [0.15, 0.2) is 17.2 Å². The Bertz CT molecular complexity index is 1730. The Balaban J connectivity index is 1.19. The van der Waals surface area contributed by atoms with E-state index in [1.54, 1.807) is 41.3 Å². The molecule has 11 nitrogen and oxygen atoms in total. The molecule has 0 saturated heterocycles. The minimum absolute atomic E-state index is 0.101. The third-order valence-electron chi connectivity index (χ3n) is 8.42. The molecule has 4 aromatic rings. The Morgan fingerprint density at radius 1 is 0.979 bits per heavy atom. The number of benzene rings is 4. The zero-order chi connectivity index (χ0) is 33.6. The van der Waals surface area contributed by atoms with Crippen molar-refractivity contribution in [1.82, 2.24) is 9.80 Å². The van der Waals surface area contributed by atoms with E-state index in [1.807, 2.05) is 75.5 Å². The fourth-order valence-electron chi connectivity index (χ4n) is 5.79. The number of para-hydroxylation sites is 2. The smallest absolute Gasteiger partial charge is 0.323 e. The number of anilines is 2. The van der Waals surface area contributed by atoms with E-state index in [-0.39, 0.29) is 37.1 Å². The maximum Gasteiger partial charge on any atom is 0.323 e. The van der Waals surface area contributed by atoms with E-state index in [9.17, 15) is 14.7 Å². The Hall–Kier alpha value is -5.26. The molecule has 2 heterocycles. The third kappa shape index (κ3) is 7.64. The van der Waals surface area contributed by atoms with Crippen LogP contribution in [0.1, 0.15) is 29.8 Å². The first-order chi connectivity index (χ1) is 23.3. The lowest BCUT2D eigenvalue weighted by atomic mass is 9.99. The van der Waals surface area contributed by atoms with Gasteiger partial charge < -0.3 is 39.6 Å². The molecule has 11 heteroatoms. The van der Waals surface area contributed by atoms with Crippen molar-refractivity contribution in [3.05, 3.63) is 102 Å². The number of hydrogen-bond acceptors (Lipinski definition) is 8. The quantitative estimate of drug-likeness (QED) is 0.185. The number of ether oxygens (including phenoxy) is 4. The SMILES string of the molecule is C[C@H](CO)N1C[C@H](C)[C@@H](CN(C)Cc2ccc(Oc3ccccc3)cc2)Oc2c(NC(=O)Nc3ccc4c(c3)OCO4)cccc2C1=O. The van der Waals surface area contributed by atoms with Gasteiger partial charge in [0.2, 0.25) is 6.79 Å². The molecule has 2 aliphatic heterocycles. The number of fused-ring (bicyclic) bond motifs is 2. The average Bonchev–Trinajstić information content (AvgIpc) is 3.56. The third-order valence-corrected chi connectivity index (χ3v) is 8.42. The number of amides is 3. The van der Waals surface area contributed by atoms with Crippen LogP contribution >= 0.6 is 0 Å². The summed E-state index contributed by atoms with van der Waals surface area (Å²) in [5, 5.41) is 15.7. The Morgan fingerprint density at radius 2 is 1.73 bits per heavy atom. The van der Waals surface area contributed by atoms with Crippen molar-refractivity contribution in [2.45, 2.75) is 32.5 Å². The first kappa shape index (κ1) is 32.7. The van der Waals surface area contributed by atoms with Crippen molar-refractivity contribution in [3.63, 3.8) is 0 Å². The molecule has 0 radical (unpaired) electrons. The van der Waals surface area contributed by atoms with Gasteiger partial charge in [0.25, 0.3) is 5.91 Å². The molecule has 0 fully saturated rings.